The Kier molecular flexibility index (Phi) is 6.21. The molecule has 0 aliphatic heterocycles. The predicted octanol–water partition coefficient (Wildman–Crippen LogP) is 6.97. The Morgan fingerprint density at radius 1 is 1.00 bits per heavy atom. The summed E-state index contributed by atoms with van der Waals surface area (Å²) in [5.74, 6) is 0.717. The summed E-state index contributed by atoms with van der Waals surface area (Å²) in [6.45, 7) is 6.04. The van der Waals surface area contributed by atoms with Gasteiger partial charge in [-0.25, -0.2) is 9.97 Å². The molecule has 1 amide bonds. The standard InChI is InChI=1S/C27H27N3OS2/c1-16-13-17(2)15-20(14-16)30-25(31)24(19-9-5-4-6-10-19)33-27-23-21-11-7-8-12-22(21)32-26(23)28-18(3)29-27/h4-6,9-10,13-15,24H,7-8,11-12H2,1-3H3,(H,30,31). The Morgan fingerprint density at radius 3 is 2.48 bits per heavy atom. The first-order valence-corrected chi connectivity index (χ1v) is 13.1. The van der Waals surface area contributed by atoms with E-state index >= 15 is 0 Å². The summed E-state index contributed by atoms with van der Waals surface area (Å²) in [6.07, 6.45) is 4.63. The number of aromatic nitrogens is 2. The summed E-state index contributed by atoms with van der Waals surface area (Å²) in [4.78, 5) is 25.7. The van der Waals surface area contributed by atoms with Crippen molar-refractivity contribution in [3.8, 4) is 0 Å². The molecule has 5 rings (SSSR count). The minimum atomic E-state index is -0.413. The van der Waals surface area contributed by atoms with Crippen molar-refractivity contribution < 1.29 is 4.79 Å². The Balaban J connectivity index is 1.55. The average molecular weight is 474 g/mol. The fraction of sp³-hybridized carbons (Fsp3) is 0.296. The van der Waals surface area contributed by atoms with Crippen molar-refractivity contribution in [1.29, 1.82) is 0 Å². The number of rotatable bonds is 5. The predicted molar refractivity (Wildman–Crippen MR) is 138 cm³/mol. The summed E-state index contributed by atoms with van der Waals surface area (Å²) < 4.78 is 0. The third-order valence-electron chi connectivity index (χ3n) is 5.95. The topological polar surface area (TPSA) is 54.9 Å². The molecule has 0 spiro atoms. The van der Waals surface area contributed by atoms with Gasteiger partial charge in [-0.05, 0) is 80.8 Å². The number of amides is 1. The number of carbonyl (C=O) groups is 1. The van der Waals surface area contributed by atoms with Gasteiger partial charge in [0.15, 0.2) is 0 Å². The van der Waals surface area contributed by atoms with E-state index in [1.807, 2.05) is 63.2 Å². The van der Waals surface area contributed by atoms with Gasteiger partial charge in [-0.2, -0.15) is 0 Å². The maximum atomic E-state index is 13.6. The third kappa shape index (κ3) is 4.68. The van der Waals surface area contributed by atoms with Crippen molar-refractivity contribution in [2.24, 2.45) is 0 Å². The molecule has 6 heteroatoms. The van der Waals surface area contributed by atoms with Gasteiger partial charge in [0.2, 0.25) is 5.91 Å². The van der Waals surface area contributed by atoms with E-state index in [4.69, 9.17) is 9.97 Å². The summed E-state index contributed by atoms with van der Waals surface area (Å²) >= 11 is 3.34. The molecule has 168 valence electrons. The van der Waals surface area contributed by atoms with Crippen LogP contribution in [0.3, 0.4) is 0 Å². The number of hydrogen-bond donors (Lipinski definition) is 1. The molecule has 2 aromatic heterocycles. The van der Waals surface area contributed by atoms with Gasteiger partial charge in [-0.3, -0.25) is 4.79 Å². The molecule has 33 heavy (non-hydrogen) atoms. The lowest BCUT2D eigenvalue weighted by Gasteiger charge is -2.18. The molecular weight excluding hydrogens is 446 g/mol. The molecule has 0 radical (unpaired) electrons. The van der Waals surface area contributed by atoms with E-state index in [9.17, 15) is 4.79 Å². The minimum Gasteiger partial charge on any atom is -0.325 e. The highest BCUT2D eigenvalue weighted by Gasteiger charge is 2.27. The van der Waals surface area contributed by atoms with E-state index in [1.165, 1.54) is 23.3 Å². The zero-order valence-corrected chi connectivity index (χ0v) is 20.8. The van der Waals surface area contributed by atoms with Gasteiger partial charge < -0.3 is 5.32 Å². The molecule has 0 bridgehead atoms. The number of hydrogen-bond acceptors (Lipinski definition) is 5. The molecule has 1 aliphatic carbocycles. The van der Waals surface area contributed by atoms with Gasteiger partial charge in [0.1, 0.15) is 20.9 Å². The van der Waals surface area contributed by atoms with E-state index in [2.05, 4.69) is 11.4 Å². The highest BCUT2D eigenvalue weighted by molar-refractivity contribution is 8.00. The van der Waals surface area contributed by atoms with Crippen LogP contribution in [-0.2, 0) is 17.6 Å². The van der Waals surface area contributed by atoms with Crippen LogP contribution in [0.2, 0.25) is 0 Å². The summed E-state index contributed by atoms with van der Waals surface area (Å²) in [6, 6.07) is 16.1. The van der Waals surface area contributed by atoms with Crippen LogP contribution < -0.4 is 5.32 Å². The fourth-order valence-corrected chi connectivity index (χ4v) is 7.15. The molecule has 1 N–H and O–H groups in total. The lowest BCUT2D eigenvalue weighted by molar-refractivity contribution is -0.115. The highest BCUT2D eigenvalue weighted by Crippen LogP contribution is 2.44. The maximum absolute atomic E-state index is 13.6. The Labute approximate surface area is 202 Å². The van der Waals surface area contributed by atoms with Gasteiger partial charge in [-0.1, -0.05) is 48.2 Å². The van der Waals surface area contributed by atoms with Crippen molar-refractivity contribution in [2.75, 3.05) is 5.32 Å². The zero-order chi connectivity index (χ0) is 22.9. The first-order chi connectivity index (χ1) is 16.0. The average Bonchev–Trinajstić information content (AvgIpc) is 3.15. The Bertz CT molecular complexity index is 1310. The normalized spacial score (nSPS) is 14.2. The fourth-order valence-electron chi connectivity index (χ4n) is 4.58. The summed E-state index contributed by atoms with van der Waals surface area (Å²) in [5, 5.41) is 4.82. The van der Waals surface area contributed by atoms with Crippen molar-refractivity contribution in [3.05, 3.63) is 81.5 Å². The molecule has 0 saturated heterocycles. The molecular formula is C27H27N3OS2. The molecule has 1 unspecified atom stereocenters. The second-order valence-electron chi connectivity index (χ2n) is 8.74. The lowest BCUT2D eigenvalue weighted by atomic mass is 9.97. The molecule has 1 atom stereocenters. The molecule has 2 aromatic carbocycles. The second kappa shape index (κ2) is 9.27. The number of thiophene rings is 1. The van der Waals surface area contributed by atoms with Crippen LogP contribution in [0.1, 0.15) is 51.0 Å². The first kappa shape index (κ1) is 22.1. The van der Waals surface area contributed by atoms with Gasteiger partial charge >= 0.3 is 0 Å². The Morgan fingerprint density at radius 2 is 1.73 bits per heavy atom. The lowest BCUT2D eigenvalue weighted by Crippen LogP contribution is -2.19. The van der Waals surface area contributed by atoms with E-state index < -0.39 is 5.25 Å². The monoisotopic (exact) mass is 473 g/mol. The van der Waals surface area contributed by atoms with E-state index in [0.29, 0.717) is 0 Å². The molecule has 1 aliphatic rings. The van der Waals surface area contributed by atoms with E-state index in [0.717, 1.165) is 56.3 Å². The van der Waals surface area contributed by atoms with Gasteiger partial charge in [0.25, 0.3) is 0 Å². The second-order valence-corrected chi connectivity index (χ2v) is 10.9. The molecule has 0 fully saturated rings. The number of aryl methyl sites for hydroxylation is 5. The largest absolute Gasteiger partial charge is 0.325 e. The number of thioether (sulfide) groups is 1. The minimum absolute atomic E-state index is 0.0373. The highest BCUT2D eigenvalue weighted by atomic mass is 32.2. The van der Waals surface area contributed by atoms with E-state index in [1.54, 1.807) is 23.1 Å². The van der Waals surface area contributed by atoms with Crippen LogP contribution in [0.4, 0.5) is 5.69 Å². The van der Waals surface area contributed by atoms with Crippen LogP contribution in [-0.4, -0.2) is 15.9 Å². The van der Waals surface area contributed by atoms with Crippen LogP contribution >= 0.6 is 23.1 Å². The summed E-state index contributed by atoms with van der Waals surface area (Å²) in [5.41, 5.74) is 5.46. The van der Waals surface area contributed by atoms with Gasteiger partial charge in [0, 0.05) is 16.0 Å². The first-order valence-electron chi connectivity index (χ1n) is 11.4. The van der Waals surface area contributed by atoms with E-state index in [-0.39, 0.29) is 5.91 Å². The number of fused-ring (bicyclic) bond motifs is 3. The molecule has 2 heterocycles. The summed E-state index contributed by atoms with van der Waals surface area (Å²) in [7, 11) is 0. The molecule has 4 aromatic rings. The number of nitrogens with zero attached hydrogens (tertiary/aromatic N) is 2. The zero-order valence-electron chi connectivity index (χ0n) is 19.1. The van der Waals surface area contributed by atoms with Crippen molar-refractivity contribution in [2.45, 2.75) is 56.7 Å². The molecule has 4 nitrogen and oxygen atoms in total. The van der Waals surface area contributed by atoms with Gasteiger partial charge in [0.05, 0.1) is 0 Å². The third-order valence-corrected chi connectivity index (χ3v) is 8.38. The Hall–Kier alpha value is -2.70. The van der Waals surface area contributed by atoms with Crippen molar-refractivity contribution in [1.82, 2.24) is 9.97 Å². The van der Waals surface area contributed by atoms with Crippen molar-refractivity contribution >= 4 is 44.9 Å². The smallest absolute Gasteiger partial charge is 0.242 e. The van der Waals surface area contributed by atoms with Crippen LogP contribution in [0, 0.1) is 20.8 Å². The van der Waals surface area contributed by atoms with Crippen LogP contribution in [0.15, 0.2) is 53.6 Å². The maximum Gasteiger partial charge on any atom is 0.242 e. The number of anilines is 1. The number of benzene rings is 2. The molecule has 0 saturated carbocycles. The van der Waals surface area contributed by atoms with Crippen molar-refractivity contribution in [3.63, 3.8) is 0 Å². The van der Waals surface area contributed by atoms with Crippen LogP contribution in [0.25, 0.3) is 10.2 Å². The van der Waals surface area contributed by atoms with Crippen LogP contribution in [0.5, 0.6) is 0 Å². The number of nitrogens with one attached hydrogen (secondary N) is 1. The quantitative estimate of drug-likeness (QED) is 0.251. The number of carbonyl (C=O) groups excluding carboxylic acids is 1. The van der Waals surface area contributed by atoms with Gasteiger partial charge in [-0.15, -0.1) is 11.3 Å². The SMILES string of the molecule is Cc1cc(C)cc(NC(=O)C(Sc2nc(C)nc3sc4c(c23)CCCC4)c2ccccc2)c1.